The number of ether oxygens (including phenoxy) is 3. The smallest absolute Gasteiger partial charge is 0.155 e. The predicted octanol–water partition coefficient (Wildman–Crippen LogP) is 3.54. The van der Waals surface area contributed by atoms with E-state index in [4.69, 9.17) is 14.2 Å². The van der Waals surface area contributed by atoms with E-state index in [1.165, 1.54) is 32.1 Å². The van der Waals surface area contributed by atoms with Crippen molar-refractivity contribution in [3.05, 3.63) is 12.2 Å². The molecule has 0 amide bonds. The fraction of sp³-hybridized carbons (Fsp3) is 0.867. The Bertz CT molecular complexity index is 234. The molecule has 3 heteroatoms. The van der Waals surface area contributed by atoms with Gasteiger partial charge in [-0.25, -0.2) is 0 Å². The summed E-state index contributed by atoms with van der Waals surface area (Å²) in [6.45, 7) is 9.20. The van der Waals surface area contributed by atoms with Crippen molar-refractivity contribution in [2.45, 2.75) is 58.3 Å². The molecule has 0 aromatic carbocycles. The minimum absolute atomic E-state index is 0.138. The first-order chi connectivity index (χ1) is 8.69. The molecule has 0 aromatic heterocycles. The molecule has 0 N–H and O–H groups in total. The molecule has 0 saturated heterocycles. The zero-order chi connectivity index (χ0) is 13.4. The van der Waals surface area contributed by atoms with Crippen LogP contribution < -0.4 is 0 Å². The van der Waals surface area contributed by atoms with Crippen LogP contribution in [0.2, 0.25) is 0 Å². The highest BCUT2D eigenvalue weighted by Gasteiger charge is 2.25. The fourth-order valence-corrected chi connectivity index (χ4v) is 2.72. The Balaban J connectivity index is 2.36. The van der Waals surface area contributed by atoms with Crippen LogP contribution in [0.15, 0.2) is 12.2 Å². The van der Waals surface area contributed by atoms with Crippen LogP contribution in [0.25, 0.3) is 0 Å². The van der Waals surface area contributed by atoms with E-state index in [0.717, 1.165) is 5.57 Å². The second kappa shape index (κ2) is 8.68. The molecule has 18 heavy (non-hydrogen) atoms. The third-order valence-corrected chi connectivity index (χ3v) is 3.64. The molecule has 2 atom stereocenters. The van der Waals surface area contributed by atoms with E-state index in [2.05, 4.69) is 6.58 Å². The number of rotatable bonds is 8. The lowest BCUT2D eigenvalue weighted by Crippen LogP contribution is -2.29. The highest BCUT2D eigenvalue weighted by molar-refractivity contribution is 5.05. The van der Waals surface area contributed by atoms with Crippen LogP contribution >= 0.6 is 0 Å². The summed E-state index contributed by atoms with van der Waals surface area (Å²) in [5, 5.41) is 0. The summed E-state index contributed by atoms with van der Waals surface area (Å²) in [6, 6.07) is 0. The van der Waals surface area contributed by atoms with Crippen LogP contribution in [0.1, 0.15) is 46.0 Å². The lowest BCUT2D eigenvalue weighted by Gasteiger charge is -2.31. The van der Waals surface area contributed by atoms with Crippen molar-refractivity contribution in [3.63, 3.8) is 0 Å². The maximum Gasteiger partial charge on any atom is 0.155 e. The zero-order valence-corrected chi connectivity index (χ0v) is 12.1. The molecule has 0 radical (unpaired) electrons. The largest absolute Gasteiger partial charge is 0.377 e. The zero-order valence-electron chi connectivity index (χ0n) is 12.1. The molecule has 0 aliphatic heterocycles. The van der Waals surface area contributed by atoms with Crippen LogP contribution in [0, 0.1) is 5.92 Å². The Hall–Kier alpha value is -0.380. The molecular formula is C15H28O3. The van der Waals surface area contributed by atoms with Gasteiger partial charge in [0.2, 0.25) is 0 Å². The second-order valence-corrected chi connectivity index (χ2v) is 5.05. The Morgan fingerprint density at radius 3 is 2.44 bits per heavy atom. The first-order valence-electron chi connectivity index (χ1n) is 7.12. The standard InChI is InChI=1S/C15H28O3/c1-5-17-13(3)18-11-12(2)15(16-4)14-9-7-6-8-10-14/h13-15H,2,5-11H2,1,3-4H3. The molecule has 0 aromatic rings. The fourth-order valence-electron chi connectivity index (χ4n) is 2.72. The summed E-state index contributed by atoms with van der Waals surface area (Å²) in [5.41, 5.74) is 1.04. The quantitative estimate of drug-likeness (QED) is 0.491. The number of hydrogen-bond acceptors (Lipinski definition) is 3. The number of methoxy groups -OCH3 is 1. The lowest BCUT2D eigenvalue weighted by molar-refractivity contribution is -0.123. The van der Waals surface area contributed by atoms with Gasteiger partial charge in [0.1, 0.15) is 0 Å². The average Bonchev–Trinajstić information content (AvgIpc) is 2.39. The second-order valence-electron chi connectivity index (χ2n) is 5.05. The minimum atomic E-state index is -0.171. The average molecular weight is 256 g/mol. The molecule has 0 spiro atoms. The molecule has 1 aliphatic rings. The molecule has 3 nitrogen and oxygen atoms in total. The van der Waals surface area contributed by atoms with Crippen molar-refractivity contribution in [2.24, 2.45) is 5.92 Å². The van der Waals surface area contributed by atoms with Crippen LogP contribution in [0.5, 0.6) is 0 Å². The molecule has 1 saturated carbocycles. The monoisotopic (exact) mass is 256 g/mol. The maximum atomic E-state index is 5.62. The SMILES string of the molecule is C=C(COC(C)OCC)C(OC)C1CCCCC1. The first kappa shape index (κ1) is 15.7. The Morgan fingerprint density at radius 1 is 1.22 bits per heavy atom. The Morgan fingerprint density at radius 2 is 1.89 bits per heavy atom. The highest BCUT2D eigenvalue weighted by Crippen LogP contribution is 2.30. The molecule has 2 unspecified atom stereocenters. The van der Waals surface area contributed by atoms with E-state index in [-0.39, 0.29) is 12.4 Å². The van der Waals surface area contributed by atoms with E-state index in [1.807, 2.05) is 13.8 Å². The summed E-state index contributed by atoms with van der Waals surface area (Å²) in [6.07, 6.45) is 6.45. The number of hydrogen-bond donors (Lipinski definition) is 0. The molecule has 106 valence electrons. The molecular weight excluding hydrogens is 228 g/mol. The van der Waals surface area contributed by atoms with E-state index >= 15 is 0 Å². The van der Waals surface area contributed by atoms with Gasteiger partial charge in [0.25, 0.3) is 0 Å². The maximum absolute atomic E-state index is 5.62. The summed E-state index contributed by atoms with van der Waals surface area (Å²) in [7, 11) is 1.77. The van der Waals surface area contributed by atoms with Gasteiger partial charge < -0.3 is 14.2 Å². The van der Waals surface area contributed by atoms with Crippen LogP contribution in [-0.4, -0.2) is 32.7 Å². The van der Waals surface area contributed by atoms with Gasteiger partial charge in [-0.3, -0.25) is 0 Å². The summed E-state index contributed by atoms with van der Waals surface area (Å²) < 4.78 is 16.6. The summed E-state index contributed by atoms with van der Waals surface area (Å²) in [5.74, 6) is 0.613. The highest BCUT2D eigenvalue weighted by atomic mass is 16.7. The minimum Gasteiger partial charge on any atom is -0.377 e. The van der Waals surface area contributed by atoms with Gasteiger partial charge in [0.05, 0.1) is 12.7 Å². The first-order valence-corrected chi connectivity index (χ1v) is 7.12. The summed E-state index contributed by atoms with van der Waals surface area (Å²) >= 11 is 0. The van der Waals surface area contributed by atoms with Crippen molar-refractivity contribution in [2.75, 3.05) is 20.3 Å². The van der Waals surface area contributed by atoms with Crippen LogP contribution in [0.4, 0.5) is 0 Å². The van der Waals surface area contributed by atoms with E-state index in [1.54, 1.807) is 7.11 Å². The topological polar surface area (TPSA) is 27.7 Å². The van der Waals surface area contributed by atoms with Gasteiger partial charge in [-0.05, 0) is 38.2 Å². The molecule has 0 heterocycles. The summed E-state index contributed by atoms with van der Waals surface area (Å²) in [4.78, 5) is 0. The molecule has 1 fully saturated rings. The van der Waals surface area contributed by atoms with Gasteiger partial charge in [-0.15, -0.1) is 0 Å². The third kappa shape index (κ3) is 5.09. The van der Waals surface area contributed by atoms with Crippen molar-refractivity contribution >= 4 is 0 Å². The van der Waals surface area contributed by atoms with Gasteiger partial charge >= 0.3 is 0 Å². The van der Waals surface area contributed by atoms with Crippen LogP contribution in [-0.2, 0) is 14.2 Å². The van der Waals surface area contributed by atoms with Gasteiger partial charge in [0.15, 0.2) is 6.29 Å². The van der Waals surface area contributed by atoms with Crippen molar-refractivity contribution in [3.8, 4) is 0 Å². The van der Waals surface area contributed by atoms with Gasteiger partial charge in [-0.1, -0.05) is 25.8 Å². The Kier molecular flexibility index (Phi) is 7.56. The van der Waals surface area contributed by atoms with Gasteiger partial charge in [0, 0.05) is 13.7 Å². The van der Waals surface area contributed by atoms with E-state index in [9.17, 15) is 0 Å². The Labute approximate surface area is 111 Å². The van der Waals surface area contributed by atoms with Crippen molar-refractivity contribution < 1.29 is 14.2 Å². The van der Waals surface area contributed by atoms with Crippen molar-refractivity contribution in [1.29, 1.82) is 0 Å². The van der Waals surface area contributed by atoms with Crippen LogP contribution in [0.3, 0.4) is 0 Å². The molecule has 1 aliphatic carbocycles. The van der Waals surface area contributed by atoms with E-state index < -0.39 is 0 Å². The predicted molar refractivity (Wildman–Crippen MR) is 73.6 cm³/mol. The van der Waals surface area contributed by atoms with E-state index in [0.29, 0.717) is 19.1 Å². The van der Waals surface area contributed by atoms with Gasteiger partial charge in [-0.2, -0.15) is 0 Å². The third-order valence-electron chi connectivity index (χ3n) is 3.64. The lowest BCUT2D eigenvalue weighted by atomic mass is 9.83. The van der Waals surface area contributed by atoms with Crippen molar-refractivity contribution in [1.82, 2.24) is 0 Å². The normalized spacial score (nSPS) is 20.6. The molecule has 0 bridgehead atoms. The molecule has 1 rings (SSSR count).